The number of hydrogen-bond donors (Lipinski definition) is 1. The molecule has 0 aliphatic heterocycles. The zero-order valence-corrected chi connectivity index (χ0v) is 10.5. The van der Waals surface area contributed by atoms with Crippen LogP contribution in [0.2, 0.25) is 0 Å². The number of nitrogens with zero attached hydrogens (tertiary/aromatic N) is 1. The number of nitriles is 1. The summed E-state index contributed by atoms with van der Waals surface area (Å²) in [5, 5.41) is 14.3. The molecule has 80 valence electrons. The normalized spacial score (nSPS) is 12.1. The second-order valence-electron chi connectivity index (χ2n) is 3.64. The Labute approximate surface area is 103 Å². The van der Waals surface area contributed by atoms with Crippen molar-refractivity contribution in [3.8, 4) is 6.07 Å². The molecule has 1 atom stereocenters. The van der Waals surface area contributed by atoms with Crippen molar-refractivity contribution < 1.29 is 0 Å². The molecule has 0 aliphatic rings. The number of benzene rings is 2. The molecule has 0 spiro atoms. The molecule has 0 fully saturated rings. The summed E-state index contributed by atoms with van der Waals surface area (Å²) in [6, 6.07) is 14.1. The van der Waals surface area contributed by atoms with Crippen LogP contribution in [0.3, 0.4) is 0 Å². The van der Waals surface area contributed by atoms with Gasteiger partial charge in [-0.3, -0.25) is 0 Å². The van der Waals surface area contributed by atoms with Crippen molar-refractivity contribution >= 4 is 32.4 Å². The molecule has 16 heavy (non-hydrogen) atoms. The van der Waals surface area contributed by atoms with Crippen molar-refractivity contribution in [2.75, 3.05) is 5.32 Å². The van der Waals surface area contributed by atoms with Crippen molar-refractivity contribution in [1.29, 1.82) is 5.26 Å². The molecule has 2 nitrogen and oxygen atoms in total. The van der Waals surface area contributed by atoms with E-state index in [9.17, 15) is 0 Å². The largest absolute Gasteiger partial charge is 0.370 e. The molecular formula is C13H11BrN2. The summed E-state index contributed by atoms with van der Waals surface area (Å²) < 4.78 is 1.07. The van der Waals surface area contributed by atoms with Crippen LogP contribution < -0.4 is 5.32 Å². The maximum atomic E-state index is 8.80. The fraction of sp³-hybridized carbons (Fsp3) is 0.154. The highest BCUT2D eigenvalue weighted by Crippen LogP contribution is 2.30. The van der Waals surface area contributed by atoms with Gasteiger partial charge >= 0.3 is 0 Å². The van der Waals surface area contributed by atoms with Crippen LogP contribution in [0.1, 0.15) is 6.92 Å². The van der Waals surface area contributed by atoms with Crippen LogP contribution in [0.25, 0.3) is 10.8 Å². The van der Waals surface area contributed by atoms with E-state index in [1.165, 1.54) is 0 Å². The molecule has 0 saturated heterocycles. The van der Waals surface area contributed by atoms with Gasteiger partial charge < -0.3 is 5.32 Å². The average molecular weight is 275 g/mol. The van der Waals surface area contributed by atoms with Crippen LogP contribution in [-0.2, 0) is 0 Å². The summed E-state index contributed by atoms with van der Waals surface area (Å²) in [6.07, 6.45) is 0. The summed E-state index contributed by atoms with van der Waals surface area (Å²) >= 11 is 3.52. The minimum absolute atomic E-state index is 0.190. The minimum Gasteiger partial charge on any atom is -0.370 e. The lowest BCUT2D eigenvalue weighted by atomic mass is 10.1. The second kappa shape index (κ2) is 4.54. The molecule has 0 bridgehead atoms. The quantitative estimate of drug-likeness (QED) is 0.901. The van der Waals surface area contributed by atoms with Crippen molar-refractivity contribution in [1.82, 2.24) is 0 Å². The summed E-state index contributed by atoms with van der Waals surface area (Å²) in [5.41, 5.74) is 0.993. The Balaban J connectivity index is 2.55. The lowest BCUT2D eigenvalue weighted by Crippen LogP contribution is -2.12. The van der Waals surface area contributed by atoms with Gasteiger partial charge in [-0.1, -0.05) is 40.2 Å². The summed E-state index contributed by atoms with van der Waals surface area (Å²) in [6.45, 7) is 1.84. The average Bonchev–Trinajstić information content (AvgIpc) is 2.33. The van der Waals surface area contributed by atoms with E-state index in [4.69, 9.17) is 5.26 Å². The van der Waals surface area contributed by atoms with Crippen molar-refractivity contribution in [3.05, 3.63) is 40.9 Å². The first-order valence-electron chi connectivity index (χ1n) is 5.06. The van der Waals surface area contributed by atoms with Gasteiger partial charge in [-0.15, -0.1) is 0 Å². The highest BCUT2D eigenvalue weighted by atomic mass is 79.9. The molecule has 0 amide bonds. The Morgan fingerprint density at radius 2 is 1.88 bits per heavy atom. The molecule has 2 rings (SSSR count). The molecule has 0 saturated carbocycles. The van der Waals surface area contributed by atoms with Crippen molar-refractivity contribution in [2.24, 2.45) is 0 Å². The number of nitrogens with one attached hydrogen (secondary N) is 1. The Morgan fingerprint density at radius 1 is 1.19 bits per heavy atom. The highest BCUT2D eigenvalue weighted by Gasteiger charge is 2.05. The number of hydrogen-bond acceptors (Lipinski definition) is 2. The third-order valence-electron chi connectivity index (χ3n) is 2.44. The van der Waals surface area contributed by atoms with Gasteiger partial charge in [0, 0.05) is 15.5 Å². The van der Waals surface area contributed by atoms with Gasteiger partial charge in [-0.25, -0.2) is 0 Å². The summed E-state index contributed by atoms with van der Waals surface area (Å²) in [7, 11) is 0. The maximum Gasteiger partial charge on any atom is 0.111 e. The SMILES string of the molecule is CC(C#N)Nc1ccc(Br)c2ccccc12. The predicted octanol–water partition coefficient (Wildman–Crippen LogP) is 3.93. The van der Waals surface area contributed by atoms with Gasteiger partial charge in [0.25, 0.3) is 0 Å². The topological polar surface area (TPSA) is 35.8 Å². The fourth-order valence-corrected chi connectivity index (χ4v) is 2.13. The van der Waals surface area contributed by atoms with Crippen LogP contribution in [0.5, 0.6) is 0 Å². The van der Waals surface area contributed by atoms with Gasteiger partial charge in [0.15, 0.2) is 0 Å². The Morgan fingerprint density at radius 3 is 2.56 bits per heavy atom. The summed E-state index contributed by atoms with van der Waals surface area (Å²) in [4.78, 5) is 0. The molecule has 0 radical (unpaired) electrons. The smallest absolute Gasteiger partial charge is 0.111 e. The van der Waals surface area contributed by atoms with Crippen molar-refractivity contribution in [2.45, 2.75) is 13.0 Å². The Bertz CT molecular complexity index is 557. The molecule has 3 heteroatoms. The van der Waals surface area contributed by atoms with E-state index in [1.807, 2.05) is 37.3 Å². The zero-order chi connectivity index (χ0) is 11.5. The van der Waals surface area contributed by atoms with Gasteiger partial charge in [0.05, 0.1) is 6.07 Å². The number of rotatable bonds is 2. The first-order chi connectivity index (χ1) is 7.72. The molecule has 0 heterocycles. The molecule has 2 aromatic carbocycles. The fourth-order valence-electron chi connectivity index (χ4n) is 1.65. The maximum absolute atomic E-state index is 8.80. The van der Waals surface area contributed by atoms with Crippen LogP contribution in [0.15, 0.2) is 40.9 Å². The van der Waals surface area contributed by atoms with E-state index >= 15 is 0 Å². The number of fused-ring (bicyclic) bond motifs is 1. The zero-order valence-electron chi connectivity index (χ0n) is 8.87. The standard InChI is InChI=1S/C13H11BrN2/c1-9(8-15)16-13-7-6-12(14)10-4-2-3-5-11(10)13/h2-7,9,16H,1H3. The van der Waals surface area contributed by atoms with Crippen molar-refractivity contribution in [3.63, 3.8) is 0 Å². The molecular weight excluding hydrogens is 264 g/mol. The molecule has 0 aromatic heterocycles. The molecule has 1 N–H and O–H groups in total. The van der Waals surface area contributed by atoms with E-state index in [0.717, 1.165) is 20.9 Å². The number of halogens is 1. The van der Waals surface area contributed by atoms with E-state index in [2.05, 4.69) is 33.4 Å². The summed E-state index contributed by atoms with van der Waals surface area (Å²) in [5.74, 6) is 0. The van der Waals surface area contributed by atoms with Gasteiger partial charge in [-0.2, -0.15) is 5.26 Å². The van der Waals surface area contributed by atoms with E-state index in [1.54, 1.807) is 0 Å². The number of anilines is 1. The molecule has 1 unspecified atom stereocenters. The van der Waals surface area contributed by atoms with Crippen LogP contribution >= 0.6 is 15.9 Å². The lowest BCUT2D eigenvalue weighted by molar-refractivity contribution is 1.01. The van der Waals surface area contributed by atoms with Gasteiger partial charge in [-0.05, 0) is 24.4 Å². The lowest BCUT2D eigenvalue weighted by Gasteiger charge is -2.12. The first-order valence-corrected chi connectivity index (χ1v) is 5.85. The van der Waals surface area contributed by atoms with Crippen LogP contribution in [0.4, 0.5) is 5.69 Å². The third kappa shape index (κ3) is 2.02. The van der Waals surface area contributed by atoms with Crippen LogP contribution in [0, 0.1) is 11.3 Å². The predicted molar refractivity (Wildman–Crippen MR) is 70.3 cm³/mol. The monoisotopic (exact) mass is 274 g/mol. The van der Waals surface area contributed by atoms with Gasteiger partial charge in [0.1, 0.15) is 6.04 Å². The van der Waals surface area contributed by atoms with Gasteiger partial charge in [0.2, 0.25) is 0 Å². The highest BCUT2D eigenvalue weighted by molar-refractivity contribution is 9.10. The third-order valence-corrected chi connectivity index (χ3v) is 3.13. The molecule has 2 aromatic rings. The van der Waals surface area contributed by atoms with E-state index < -0.39 is 0 Å². The Kier molecular flexibility index (Phi) is 3.12. The Hall–Kier alpha value is -1.53. The first kappa shape index (κ1) is 11.0. The van der Waals surface area contributed by atoms with E-state index in [0.29, 0.717) is 0 Å². The minimum atomic E-state index is -0.190. The van der Waals surface area contributed by atoms with Crippen LogP contribution in [-0.4, -0.2) is 6.04 Å². The van der Waals surface area contributed by atoms with E-state index in [-0.39, 0.29) is 6.04 Å². The second-order valence-corrected chi connectivity index (χ2v) is 4.49. The molecule has 0 aliphatic carbocycles.